The Morgan fingerprint density at radius 3 is 2.30 bits per heavy atom. The van der Waals surface area contributed by atoms with Gasteiger partial charge in [0.05, 0.1) is 11.5 Å². The smallest absolute Gasteiger partial charge is 0.243 e. The van der Waals surface area contributed by atoms with Gasteiger partial charge in [-0.15, -0.1) is 0 Å². The zero-order valence-corrected chi connectivity index (χ0v) is 12.3. The second-order valence-electron chi connectivity index (χ2n) is 4.89. The molecule has 0 radical (unpaired) electrons. The van der Waals surface area contributed by atoms with Crippen molar-refractivity contribution in [1.29, 1.82) is 0 Å². The fraction of sp³-hybridized carbons (Fsp3) is 0.700. The number of rotatable bonds is 4. The van der Waals surface area contributed by atoms with Crippen molar-refractivity contribution < 1.29 is 8.42 Å². The second kappa shape index (κ2) is 5.75. The molecule has 10 heteroatoms. The highest BCUT2D eigenvalue weighted by Crippen LogP contribution is 2.17. The minimum atomic E-state index is -2.88. The number of hydrogen-bond donors (Lipinski definition) is 3. The summed E-state index contributed by atoms with van der Waals surface area (Å²) in [6, 6.07) is 0.0431. The van der Waals surface area contributed by atoms with E-state index in [1.54, 1.807) is 4.90 Å². The summed E-state index contributed by atoms with van der Waals surface area (Å²) in [6.07, 6.45) is 1.10. The monoisotopic (exact) mass is 301 g/mol. The summed E-state index contributed by atoms with van der Waals surface area (Å²) in [7, 11) is 0.748. The molecule has 0 aliphatic carbocycles. The van der Waals surface area contributed by atoms with E-state index in [4.69, 9.17) is 5.84 Å². The van der Waals surface area contributed by atoms with Crippen molar-refractivity contribution >= 4 is 27.7 Å². The average molecular weight is 301 g/mol. The number of hydrazine groups is 1. The van der Waals surface area contributed by atoms with Crippen molar-refractivity contribution in [2.75, 3.05) is 41.2 Å². The summed E-state index contributed by atoms with van der Waals surface area (Å²) in [5.41, 5.74) is 2.39. The van der Waals surface area contributed by atoms with Crippen LogP contribution in [-0.4, -0.2) is 55.0 Å². The molecule has 1 fully saturated rings. The maximum Gasteiger partial charge on any atom is 0.243 e. The Morgan fingerprint density at radius 1 is 1.15 bits per heavy atom. The third-order valence-corrected chi connectivity index (χ3v) is 4.76. The zero-order valence-electron chi connectivity index (χ0n) is 11.5. The van der Waals surface area contributed by atoms with Crippen molar-refractivity contribution in [2.24, 2.45) is 5.84 Å². The largest absolute Gasteiger partial charge is 0.351 e. The first-order valence-electron chi connectivity index (χ1n) is 6.26. The standard InChI is InChI=1S/C10H19N7O2S/c1-17(2)10-14-8(13-9(15-10)16-11)12-7-3-5-20(18,19)6-4-7/h7H,3-6,11H2,1-2H3,(H2,12,13,14,15,16). The first-order chi connectivity index (χ1) is 9.39. The highest BCUT2D eigenvalue weighted by atomic mass is 32.2. The number of nitrogens with one attached hydrogen (secondary N) is 2. The predicted octanol–water partition coefficient (Wildman–Crippen LogP) is -0.788. The van der Waals surface area contributed by atoms with Crippen LogP contribution < -0.4 is 21.5 Å². The van der Waals surface area contributed by atoms with Crippen molar-refractivity contribution in [2.45, 2.75) is 18.9 Å². The van der Waals surface area contributed by atoms with Crippen molar-refractivity contribution in [3.05, 3.63) is 0 Å². The number of sulfone groups is 1. The van der Waals surface area contributed by atoms with Gasteiger partial charge in [-0.05, 0) is 12.8 Å². The Labute approximate surface area is 117 Å². The fourth-order valence-corrected chi connectivity index (χ4v) is 3.40. The van der Waals surface area contributed by atoms with Gasteiger partial charge in [-0.2, -0.15) is 15.0 Å². The quantitative estimate of drug-likeness (QED) is 0.484. The molecule has 0 spiro atoms. The molecule has 0 bridgehead atoms. The normalized spacial score (nSPS) is 18.6. The van der Waals surface area contributed by atoms with Gasteiger partial charge in [-0.3, -0.25) is 5.43 Å². The fourth-order valence-electron chi connectivity index (χ4n) is 1.91. The molecule has 9 nitrogen and oxygen atoms in total. The first-order valence-corrected chi connectivity index (χ1v) is 8.09. The number of aromatic nitrogens is 3. The maximum atomic E-state index is 11.4. The van der Waals surface area contributed by atoms with Crippen LogP contribution in [0, 0.1) is 0 Å². The molecule has 112 valence electrons. The molecule has 1 aliphatic heterocycles. The third kappa shape index (κ3) is 3.67. The predicted molar refractivity (Wildman–Crippen MR) is 77.3 cm³/mol. The molecule has 2 heterocycles. The van der Waals surface area contributed by atoms with Gasteiger partial charge in [0, 0.05) is 20.1 Å². The molecule has 0 saturated carbocycles. The lowest BCUT2D eigenvalue weighted by molar-refractivity contribution is 0.558. The molecule has 1 aliphatic rings. The Bertz CT molecular complexity index is 561. The summed E-state index contributed by atoms with van der Waals surface area (Å²) in [4.78, 5) is 14.2. The summed E-state index contributed by atoms with van der Waals surface area (Å²) < 4.78 is 22.8. The van der Waals surface area contributed by atoms with E-state index in [0.717, 1.165) is 0 Å². The van der Waals surface area contributed by atoms with Crippen LogP contribution >= 0.6 is 0 Å². The van der Waals surface area contributed by atoms with E-state index in [0.29, 0.717) is 24.7 Å². The van der Waals surface area contributed by atoms with Crippen LogP contribution in [-0.2, 0) is 9.84 Å². The van der Waals surface area contributed by atoms with Gasteiger partial charge in [0.2, 0.25) is 17.8 Å². The molecule has 1 aromatic heterocycles. The Hall–Kier alpha value is -1.68. The molecule has 0 atom stereocenters. The van der Waals surface area contributed by atoms with Crippen LogP contribution in [0.15, 0.2) is 0 Å². The van der Waals surface area contributed by atoms with Crippen LogP contribution in [0.5, 0.6) is 0 Å². The van der Waals surface area contributed by atoms with E-state index in [9.17, 15) is 8.42 Å². The summed E-state index contributed by atoms with van der Waals surface area (Å²) in [5, 5.41) is 3.14. The van der Waals surface area contributed by atoms with Crippen molar-refractivity contribution in [3.63, 3.8) is 0 Å². The highest BCUT2D eigenvalue weighted by Gasteiger charge is 2.24. The van der Waals surface area contributed by atoms with Gasteiger partial charge in [0.25, 0.3) is 0 Å². The lowest BCUT2D eigenvalue weighted by Crippen LogP contribution is -2.33. The van der Waals surface area contributed by atoms with Gasteiger partial charge in [0.1, 0.15) is 9.84 Å². The average Bonchev–Trinajstić information content (AvgIpc) is 2.41. The number of nitrogens with two attached hydrogens (primary N) is 1. The molecule has 0 unspecified atom stereocenters. The van der Waals surface area contributed by atoms with Gasteiger partial charge in [-0.25, -0.2) is 14.3 Å². The van der Waals surface area contributed by atoms with E-state index in [1.165, 1.54) is 0 Å². The highest BCUT2D eigenvalue weighted by molar-refractivity contribution is 7.91. The van der Waals surface area contributed by atoms with Crippen LogP contribution in [0.25, 0.3) is 0 Å². The molecular formula is C10H19N7O2S. The molecule has 4 N–H and O–H groups in total. The van der Waals surface area contributed by atoms with Gasteiger partial charge < -0.3 is 10.2 Å². The number of nitrogen functional groups attached to an aromatic ring is 1. The van der Waals surface area contributed by atoms with Crippen molar-refractivity contribution in [3.8, 4) is 0 Å². The number of nitrogens with zero attached hydrogens (tertiary/aromatic N) is 4. The van der Waals surface area contributed by atoms with E-state index in [-0.39, 0.29) is 23.5 Å². The van der Waals surface area contributed by atoms with Crippen LogP contribution in [0.1, 0.15) is 12.8 Å². The molecule has 0 amide bonds. The molecule has 1 aromatic rings. The maximum absolute atomic E-state index is 11.4. The Morgan fingerprint density at radius 2 is 1.75 bits per heavy atom. The van der Waals surface area contributed by atoms with E-state index in [2.05, 4.69) is 25.7 Å². The van der Waals surface area contributed by atoms with E-state index in [1.807, 2.05) is 14.1 Å². The third-order valence-electron chi connectivity index (χ3n) is 3.04. The lowest BCUT2D eigenvalue weighted by Gasteiger charge is -2.23. The van der Waals surface area contributed by atoms with Crippen molar-refractivity contribution in [1.82, 2.24) is 15.0 Å². The molecule has 2 rings (SSSR count). The van der Waals surface area contributed by atoms with Gasteiger partial charge >= 0.3 is 0 Å². The minimum Gasteiger partial charge on any atom is -0.351 e. The Kier molecular flexibility index (Phi) is 4.23. The van der Waals surface area contributed by atoms with E-state index >= 15 is 0 Å². The van der Waals surface area contributed by atoms with Crippen LogP contribution in [0.4, 0.5) is 17.8 Å². The van der Waals surface area contributed by atoms with Crippen LogP contribution in [0.2, 0.25) is 0 Å². The topological polar surface area (TPSA) is 126 Å². The van der Waals surface area contributed by atoms with Gasteiger partial charge in [-0.1, -0.05) is 0 Å². The molecular weight excluding hydrogens is 282 g/mol. The lowest BCUT2D eigenvalue weighted by atomic mass is 10.2. The molecule has 20 heavy (non-hydrogen) atoms. The number of anilines is 3. The summed E-state index contributed by atoms with van der Waals surface area (Å²) in [6.45, 7) is 0. The summed E-state index contributed by atoms with van der Waals surface area (Å²) >= 11 is 0. The zero-order chi connectivity index (χ0) is 14.8. The SMILES string of the molecule is CN(C)c1nc(NN)nc(NC2CCS(=O)(=O)CC2)n1. The second-order valence-corrected chi connectivity index (χ2v) is 7.20. The Balaban J connectivity index is 2.11. The summed E-state index contributed by atoms with van der Waals surface area (Å²) in [5.74, 6) is 6.83. The van der Waals surface area contributed by atoms with Crippen LogP contribution in [0.3, 0.4) is 0 Å². The minimum absolute atomic E-state index is 0.0431. The number of hydrogen-bond acceptors (Lipinski definition) is 9. The molecule has 1 saturated heterocycles. The van der Waals surface area contributed by atoms with Gasteiger partial charge in [0.15, 0.2) is 0 Å². The molecule has 0 aromatic carbocycles. The van der Waals surface area contributed by atoms with E-state index < -0.39 is 9.84 Å². The first kappa shape index (κ1) is 14.7.